The lowest BCUT2D eigenvalue weighted by Gasteiger charge is -2.09. The van der Waals surface area contributed by atoms with Gasteiger partial charge in [0.15, 0.2) is 9.84 Å². The van der Waals surface area contributed by atoms with Gasteiger partial charge in [0.25, 0.3) is 0 Å². The SMILES string of the molecule is CS(=O)(=O)c1ccc(-c2cccc(-c3ccc(C(F)(F)F)cn3)c2)cc1. The fourth-order valence-electron chi connectivity index (χ4n) is 2.48. The number of nitrogens with zero attached hydrogens (tertiary/aromatic N) is 1. The summed E-state index contributed by atoms with van der Waals surface area (Å²) in [6.45, 7) is 0. The normalized spacial score (nSPS) is 12.2. The van der Waals surface area contributed by atoms with Crippen molar-refractivity contribution in [1.82, 2.24) is 4.98 Å². The highest BCUT2D eigenvalue weighted by atomic mass is 32.2. The van der Waals surface area contributed by atoms with Gasteiger partial charge >= 0.3 is 6.18 Å². The molecule has 0 fully saturated rings. The van der Waals surface area contributed by atoms with Gasteiger partial charge < -0.3 is 0 Å². The lowest BCUT2D eigenvalue weighted by molar-refractivity contribution is -0.137. The summed E-state index contributed by atoms with van der Waals surface area (Å²) < 4.78 is 61.0. The summed E-state index contributed by atoms with van der Waals surface area (Å²) in [6, 6.07) is 15.9. The van der Waals surface area contributed by atoms with Crippen molar-refractivity contribution in [2.75, 3.05) is 6.26 Å². The Morgan fingerprint density at radius 3 is 2.04 bits per heavy atom. The Morgan fingerprint density at radius 2 is 1.50 bits per heavy atom. The van der Waals surface area contributed by atoms with Crippen LogP contribution >= 0.6 is 0 Å². The average molecular weight is 377 g/mol. The Balaban J connectivity index is 1.93. The molecule has 0 saturated heterocycles. The summed E-state index contributed by atoms with van der Waals surface area (Å²) in [5.74, 6) is 0. The zero-order chi connectivity index (χ0) is 18.9. The quantitative estimate of drug-likeness (QED) is 0.656. The summed E-state index contributed by atoms with van der Waals surface area (Å²) in [5, 5.41) is 0. The van der Waals surface area contributed by atoms with E-state index in [0.717, 1.165) is 29.6 Å². The molecule has 2 aromatic carbocycles. The first-order valence-corrected chi connectivity index (χ1v) is 9.48. The second-order valence-corrected chi connectivity index (χ2v) is 7.82. The third kappa shape index (κ3) is 3.94. The molecule has 0 saturated carbocycles. The van der Waals surface area contributed by atoms with Crippen molar-refractivity contribution >= 4 is 9.84 Å². The smallest absolute Gasteiger partial charge is 0.256 e. The highest BCUT2D eigenvalue weighted by Gasteiger charge is 2.30. The molecule has 7 heteroatoms. The average Bonchev–Trinajstić information content (AvgIpc) is 2.61. The van der Waals surface area contributed by atoms with Crippen LogP contribution in [-0.2, 0) is 16.0 Å². The van der Waals surface area contributed by atoms with Crippen LogP contribution in [0.2, 0.25) is 0 Å². The van der Waals surface area contributed by atoms with Gasteiger partial charge in [-0.05, 0) is 41.5 Å². The van der Waals surface area contributed by atoms with Gasteiger partial charge in [-0.25, -0.2) is 8.42 Å². The number of hydrogen-bond acceptors (Lipinski definition) is 3. The van der Waals surface area contributed by atoms with Crippen LogP contribution < -0.4 is 0 Å². The van der Waals surface area contributed by atoms with E-state index >= 15 is 0 Å². The van der Waals surface area contributed by atoms with Crippen LogP contribution in [0, 0.1) is 0 Å². The van der Waals surface area contributed by atoms with Crippen LogP contribution in [0.15, 0.2) is 71.8 Å². The van der Waals surface area contributed by atoms with E-state index in [1.807, 2.05) is 6.07 Å². The molecule has 0 radical (unpaired) electrons. The first kappa shape index (κ1) is 18.1. The van der Waals surface area contributed by atoms with E-state index in [0.29, 0.717) is 11.3 Å². The molecule has 0 unspecified atom stereocenters. The molecule has 0 atom stereocenters. The molecule has 0 aliphatic rings. The Kier molecular flexibility index (Phi) is 4.58. The minimum absolute atomic E-state index is 0.224. The zero-order valence-corrected chi connectivity index (χ0v) is 14.5. The maximum atomic E-state index is 12.6. The van der Waals surface area contributed by atoms with Crippen LogP contribution in [0.1, 0.15) is 5.56 Å². The highest BCUT2D eigenvalue weighted by molar-refractivity contribution is 7.90. The molecular formula is C19H14F3NO2S. The lowest BCUT2D eigenvalue weighted by atomic mass is 10.0. The molecule has 3 nitrogen and oxygen atoms in total. The van der Waals surface area contributed by atoms with Crippen molar-refractivity contribution in [2.24, 2.45) is 0 Å². The van der Waals surface area contributed by atoms with E-state index in [1.54, 1.807) is 30.3 Å². The summed E-state index contributed by atoms with van der Waals surface area (Å²) in [6.07, 6.45) is -2.48. The van der Waals surface area contributed by atoms with Crippen LogP contribution in [-0.4, -0.2) is 19.7 Å². The number of benzene rings is 2. The minimum Gasteiger partial charge on any atom is -0.256 e. The molecule has 1 aromatic heterocycles. The van der Waals surface area contributed by atoms with Crippen molar-refractivity contribution in [3.05, 3.63) is 72.4 Å². The third-order valence-corrected chi connectivity index (χ3v) is 4.99. The molecule has 0 spiro atoms. The second-order valence-electron chi connectivity index (χ2n) is 5.81. The van der Waals surface area contributed by atoms with Gasteiger partial charge in [0.1, 0.15) is 0 Å². The van der Waals surface area contributed by atoms with E-state index < -0.39 is 21.6 Å². The maximum absolute atomic E-state index is 12.6. The van der Waals surface area contributed by atoms with Gasteiger partial charge in [0.05, 0.1) is 16.2 Å². The fourth-order valence-corrected chi connectivity index (χ4v) is 3.12. The fraction of sp³-hybridized carbons (Fsp3) is 0.105. The van der Waals surface area contributed by atoms with Gasteiger partial charge in [-0.15, -0.1) is 0 Å². The van der Waals surface area contributed by atoms with E-state index in [2.05, 4.69) is 4.98 Å². The molecule has 3 aromatic rings. The lowest BCUT2D eigenvalue weighted by Crippen LogP contribution is -2.05. The number of hydrogen-bond donors (Lipinski definition) is 0. The first-order valence-electron chi connectivity index (χ1n) is 7.59. The monoisotopic (exact) mass is 377 g/mol. The molecule has 0 amide bonds. The Labute approximate surface area is 149 Å². The van der Waals surface area contributed by atoms with E-state index in [-0.39, 0.29) is 4.90 Å². The zero-order valence-electron chi connectivity index (χ0n) is 13.7. The maximum Gasteiger partial charge on any atom is 0.417 e. The molecule has 134 valence electrons. The van der Waals surface area contributed by atoms with Crippen molar-refractivity contribution in [3.8, 4) is 22.4 Å². The third-order valence-electron chi connectivity index (χ3n) is 3.86. The molecule has 0 bridgehead atoms. The molecule has 3 rings (SSSR count). The topological polar surface area (TPSA) is 47.0 Å². The summed E-state index contributed by atoms with van der Waals surface area (Å²) >= 11 is 0. The molecular weight excluding hydrogens is 363 g/mol. The van der Waals surface area contributed by atoms with E-state index in [9.17, 15) is 21.6 Å². The molecule has 0 aliphatic carbocycles. The predicted molar refractivity (Wildman–Crippen MR) is 93.2 cm³/mol. The number of rotatable bonds is 3. The minimum atomic E-state index is -4.42. The van der Waals surface area contributed by atoms with Crippen molar-refractivity contribution in [2.45, 2.75) is 11.1 Å². The molecule has 0 aliphatic heterocycles. The molecule has 1 heterocycles. The second kappa shape index (κ2) is 6.57. The molecule has 26 heavy (non-hydrogen) atoms. The number of sulfone groups is 1. The Hall–Kier alpha value is -2.67. The van der Waals surface area contributed by atoms with Crippen molar-refractivity contribution in [1.29, 1.82) is 0 Å². The number of pyridine rings is 1. The number of halogens is 3. The van der Waals surface area contributed by atoms with Crippen molar-refractivity contribution < 1.29 is 21.6 Å². The van der Waals surface area contributed by atoms with E-state index in [4.69, 9.17) is 0 Å². The van der Waals surface area contributed by atoms with Crippen LogP contribution in [0.3, 0.4) is 0 Å². The van der Waals surface area contributed by atoms with E-state index in [1.165, 1.54) is 18.2 Å². The number of aromatic nitrogens is 1. The first-order chi connectivity index (χ1) is 12.1. The summed E-state index contributed by atoms with van der Waals surface area (Å²) in [4.78, 5) is 4.12. The standard InChI is InChI=1S/C19H14F3NO2S/c1-26(24,25)17-8-5-13(6-9-17)14-3-2-4-15(11-14)18-10-7-16(12-23-18)19(20,21)22/h2-12H,1H3. The highest BCUT2D eigenvalue weighted by Crippen LogP contribution is 2.31. The van der Waals surface area contributed by atoms with Crippen LogP contribution in [0.4, 0.5) is 13.2 Å². The predicted octanol–water partition coefficient (Wildman–Crippen LogP) is 4.84. The van der Waals surface area contributed by atoms with Crippen molar-refractivity contribution in [3.63, 3.8) is 0 Å². The van der Waals surface area contributed by atoms with Gasteiger partial charge in [0.2, 0.25) is 0 Å². The van der Waals surface area contributed by atoms with Gasteiger partial charge in [-0.2, -0.15) is 13.2 Å². The van der Waals surface area contributed by atoms with Gasteiger partial charge in [0, 0.05) is 18.0 Å². The Bertz CT molecular complexity index is 1030. The van der Waals surface area contributed by atoms with Crippen LogP contribution in [0.25, 0.3) is 22.4 Å². The summed E-state index contributed by atoms with van der Waals surface area (Å²) in [5.41, 5.74) is 1.90. The van der Waals surface area contributed by atoms with Crippen LogP contribution in [0.5, 0.6) is 0 Å². The number of alkyl halides is 3. The molecule has 0 N–H and O–H groups in total. The largest absolute Gasteiger partial charge is 0.417 e. The van der Waals surface area contributed by atoms with Gasteiger partial charge in [-0.3, -0.25) is 4.98 Å². The Morgan fingerprint density at radius 1 is 0.846 bits per heavy atom. The van der Waals surface area contributed by atoms with Gasteiger partial charge in [-0.1, -0.05) is 30.3 Å². The summed E-state index contributed by atoms with van der Waals surface area (Å²) in [7, 11) is -3.27.